The van der Waals surface area contributed by atoms with E-state index >= 15 is 0 Å². The van der Waals surface area contributed by atoms with Crippen LogP contribution in [0.1, 0.15) is 5.56 Å². The molecule has 0 amide bonds. The van der Waals surface area contributed by atoms with Gasteiger partial charge < -0.3 is 5.32 Å². The Morgan fingerprint density at radius 2 is 2.37 bits per heavy atom. The molecule has 1 aromatic carbocycles. The number of hydrogen-bond acceptors (Lipinski definition) is 2. The number of nitrogens with zero attached hydrogens (tertiary/aromatic N) is 2. The Hall–Kier alpha value is -1.68. The summed E-state index contributed by atoms with van der Waals surface area (Å²) in [5.74, 6) is 0.628. The molecule has 1 aliphatic heterocycles. The van der Waals surface area contributed by atoms with E-state index in [9.17, 15) is 4.39 Å². The predicted octanol–water partition coefficient (Wildman–Crippen LogP) is 2.77. The summed E-state index contributed by atoms with van der Waals surface area (Å²) in [6, 6.07) is 6.58. The minimum Gasteiger partial charge on any atom is -0.369 e. The van der Waals surface area contributed by atoms with Crippen LogP contribution in [0.15, 0.2) is 45.0 Å². The molecule has 1 unspecified atom stereocenters. The average Bonchev–Trinajstić information content (AvgIpc) is 2.80. The van der Waals surface area contributed by atoms with Gasteiger partial charge in [-0.15, -0.1) is 0 Å². The van der Waals surface area contributed by atoms with Crippen molar-refractivity contribution in [3.63, 3.8) is 0 Å². The summed E-state index contributed by atoms with van der Waals surface area (Å²) in [6.45, 7) is 4.16. The molecule has 1 fully saturated rings. The molecule has 1 aromatic rings. The molecular formula is C14H15ClFN3. The van der Waals surface area contributed by atoms with Gasteiger partial charge in [0, 0.05) is 25.1 Å². The molecule has 1 atom stereocenters. The maximum Gasteiger partial charge on any atom is 0.135 e. The molecular weight excluding hydrogens is 265 g/mol. The van der Waals surface area contributed by atoms with E-state index < -0.39 is 0 Å². The summed E-state index contributed by atoms with van der Waals surface area (Å²) in [7, 11) is 1.69. The number of nitrogens with one attached hydrogen (secondary N) is 1. The third-order valence-corrected chi connectivity index (χ3v) is 3.46. The van der Waals surface area contributed by atoms with Gasteiger partial charge in [-0.3, -0.25) is 9.98 Å². The number of rotatable bonds is 3. The summed E-state index contributed by atoms with van der Waals surface area (Å²) in [4.78, 5) is 7.93. The molecule has 0 saturated carbocycles. The first-order valence-corrected chi connectivity index (χ1v) is 6.35. The summed E-state index contributed by atoms with van der Waals surface area (Å²) >= 11 is 6.09. The van der Waals surface area contributed by atoms with Crippen LogP contribution in [0.25, 0.3) is 0 Å². The van der Waals surface area contributed by atoms with Crippen LogP contribution in [0.5, 0.6) is 0 Å². The highest BCUT2D eigenvalue weighted by Gasteiger charge is 2.29. The smallest absolute Gasteiger partial charge is 0.135 e. The minimum atomic E-state index is -0.230. The number of halogens is 2. The number of aliphatic imine (C=N–C) groups is 2. The molecule has 100 valence electrons. The van der Waals surface area contributed by atoms with Gasteiger partial charge in [-0.05, 0) is 30.8 Å². The molecule has 0 bridgehead atoms. The molecule has 1 aliphatic rings. The molecule has 1 heterocycles. The van der Waals surface area contributed by atoms with Crippen LogP contribution in [0.3, 0.4) is 0 Å². The highest BCUT2D eigenvalue weighted by Crippen LogP contribution is 2.27. The summed E-state index contributed by atoms with van der Waals surface area (Å²) in [5, 5.41) is 3.54. The maximum atomic E-state index is 13.2. The van der Waals surface area contributed by atoms with Crippen molar-refractivity contribution in [1.29, 1.82) is 0 Å². The predicted molar refractivity (Wildman–Crippen MR) is 77.4 cm³/mol. The lowest BCUT2D eigenvalue weighted by atomic mass is 9.94. The number of benzene rings is 1. The van der Waals surface area contributed by atoms with Crippen molar-refractivity contribution in [3.05, 3.63) is 46.4 Å². The zero-order valence-electron chi connectivity index (χ0n) is 10.7. The second kappa shape index (κ2) is 5.97. The Morgan fingerprint density at radius 3 is 3.00 bits per heavy atom. The van der Waals surface area contributed by atoms with Gasteiger partial charge in [-0.2, -0.15) is 0 Å². The van der Waals surface area contributed by atoms with Crippen molar-refractivity contribution in [2.24, 2.45) is 15.9 Å². The first-order valence-electron chi connectivity index (χ1n) is 5.97. The van der Waals surface area contributed by atoms with Crippen molar-refractivity contribution < 1.29 is 4.39 Å². The van der Waals surface area contributed by atoms with Crippen LogP contribution >= 0.6 is 11.6 Å². The van der Waals surface area contributed by atoms with Crippen LogP contribution in [-0.2, 0) is 6.42 Å². The Morgan fingerprint density at radius 1 is 1.58 bits per heavy atom. The lowest BCUT2D eigenvalue weighted by Crippen LogP contribution is -2.15. The van der Waals surface area contributed by atoms with Gasteiger partial charge in [-0.25, -0.2) is 4.39 Å². The van der Waals surface area contributed by atoms with Gasteiger partial charge in [-0.1, -0.05) is 23.7 Å². The number of hydrogen-bond donors (Lipinski definition) is 1. The Kier molecular flexibility index (Phi) is 4.32. The van der Waals surface area contributed by atoms with E-state index in [2.05, 4.69) is 22.0 Å². The SMILES string of the molecule is C=NC(Cl)=C1C(=NC)NCC1Cc1cccc(F)c1. The second-order valence-corrected chi connectivity index (χ2v) is 4.70. The molecule has 0 spiro atoms. The van der Waals surface area contributed by atoms with E-state index in [0.717, 1.165) is 17.0 Å². The van der Waals surface area contributed by atoms with Gasteiger partial charge >= 0.3 is 0 Å². The normalized spacial score (nSPS) is 23.3. The molecule has 3 nitrogen and oxygen atoms in total. The highest BCUT2D eigenvalue weighted by molar-refractivity contribution is 6.32. The molecule has 1 N–H and O–H groups in total. The van der Waals surface area contributed by atoms with Gasteiger partial charge in [0.1, 0.15) is 16.8 Å². The quantitative estimate of drug-likeness (QED) is 0.670. The van der Waals surface area contributed by atoms with Crippen LogP contribution < -0.4 is 5.32 Å². The Labute approximate surface area is 116 Å². The standard InChI is InChI=1S/C14H15ClFN3/c1-17-13(15)12-10(8-19-14(12)18-2)6-9-4-3-5-11(16)7-9/h3-5,7,10H,1,6,8H2,2H3,(H,18,19). The zero-order chi connectivity index (χ0) is 13.8. The van der Waals surface area contributed by atoms with Gasteiger partial charge in [0.2, 0.25) is 0 Å². The summed E-state index contributed by atoms with van der Waals surface area (Å²) in [5.41, 5.74) is 1.78. The first-order chi connectivity index (χ1) is 9.15. The van der Waals surface area contributed by atoms with E-state index in [1.54, 1.807) is 13.1 Å². The van der Waals surface area contributed by atoms with E-state index in [4.69, 9.17) is 11.6 Å². The van der Waals surface area contributed by atoms with Crippen LogP contribution in [0.4, 0.5) is 4.39 Å². The van der Waals surface area contributed by atoms with Crippen LogP contribution in [0.2, 0.25) is 0 Å². The number of amidine groups is 1. The maximum absolute atomic E-state index is 13.2. The monoisotopic (exact) mass is 279 g/mol. The van der Waals surface area contributed by atoms with Crippen molar-refractivity contribution in [1.82, 2.24) is 5.32 Å². The Balaban J connectivity index is 2.28. The third kappa shape index (κ3) is 3.01. The first kappa shape index (κ1) is 13.7. The molecule has 0 aromatic heterocycles. The largest absolute Gasteiger partial charge is 0.369 e. The van der Waals surface area contributed by atoms with Gasteiger partial charge in [0.25, 0.3) is 0 Å². The van der Waals surface area contributed by atoms with Gasteiger partial charge in [0.15, 0.2) is 0 Å². The van der Waals surface area contributed by atoms with Crippen molar-refractivity contribution in [3.8, 4) is 0 Å². The Bertz CT molecular complexity index is 551. The molecule has 0 radical (unpaired) electrons. The zero-order valence-corrected chi connectivity index (χ0v) is 11.4. The van der Waals surface area contributed by atoms with E-state index in [1.807, 2.05) is 6.07 Å². The summed E-state index contributed by atoms with van der Waals surface area (Å²) in [6.07, 6.45) is 0.685. The van der Waals surface area contributed by atoms with Crippen LogP contribution in [-0.4, -0.2) is 26.1 Å². The minimum absolute atomic E-state index is 0.124. The van der Waals surface area contributed by atoms with Crippen molar-refractivity contribution in [2.75, 3.05) is 13.6 Å². The second-order valence-electron chi connectivity index (χ2n) is 4.35. The molecule has 19 heavy (non-hydrogen) atoms. The van der Waals surface area contributed by atoms with E-state index in [1.165, 1.54) is 12.1 Å². The topological polar surface area (TPSA) is 36.8 Å². The molecule has 0 aliphatic carbocycles. The molecule has 2 rings (SSSR count). The summed E-state index contributed by atoms with van der Waals surface area (Å²) < 4.78 is 13.2. The highest BCUT2D eigenvalue weighted by atomic mass is 35.5. The van der Waals surface area contributed by atoms with E-state index in [-0.39, 0.29) is 11.7 Å². The lowest BCUT2D eigenvalue weighted by molar-refractivity contribution is 0.614. The fourth-order valence-corrected chi connectivity index (χ4v) is 2.53. The fourth-order valence-electron chi connectivity index (χ4n) is 2.28. The van der Waals surface area contributed by atoms with Crippen molar-refractivity contribution >= 4 is 24.2 Å². The third-order valence-electron chi connectivity index (χ3n) is 3.14. The molecule has 5 heteroatoms. The molecule has 1 saturated heterocycles. The lowest BCUT2D eigenvalue weighted by Gasteiger charge is -2.11. The fraction of sp³-hybridized carbons (Fsp3) is 0.286. The van der Waals surface area contributed by atoms with Crippen molar-refractivity contribution in [2.45, 2.75) is 6.42 Å². The average molecular weight is 280 g/mol. The van der Waals surface area contributed by atoms with Gasteiger partial charge in [0.05, 0.1) is 0 Å². The van der Waals surface area contributed by atoms with Crippen LogP contribution in [0, 0.1) is 11.7 Å². The van der Waals surface area contributed by atoms with E-state index in [0.29, 0.717) is 18.1 Å².